The predicted molar refractivity (Wildman–Crippen MR) is 66.1 cm³/mol. The molecule has 80 valence electrons. The first-order valence-electron chi connectivity index (χ1n) is 4.92. The van der Waals surface area contributed by atoms with E-state index in [4.69, 9.17) is 0 Å². The van der Waals surface area contributed by atoms with Crippen molar-refractivity contribution in [1.82, 2.24) is 4.90 Å². The lowest BCUT2D eigenvalue weighted by Gasteiger charge is -2.30. The Morgan fingerprint density at radius 1 is 1.40 bits per heavy atom. The number of rotatable bonds is 3. The summed E-state index contributed by atoms with van der Waals surface area (Å²) in [6.07, 6.45) is 1.16. The third-order valence-electron chi connectivity index (χ3n) is 2.40. The number of hydrogen-bond acceptors (Lipinski definition) is 2. The molecule has 1 heterocycles. The smallest absolute Gasteiger partial charge is 0.232 e. The molecule has 1 saturated heterocycles. The first kappa shape index (κ1) is 11.0. The number of carbonyl (C=O) groups excluding carboxylic acids is 1. The number of nitrogens with zero attached hydrogens (tertiary/aromatic N) is 1. The van der Waals surface area contributed by atoms with Crippen LogP contribution in [0.15, 0.2) is 33.6 Å². The van der Waals surface area contributed by atoms with Crippen LogP contribution in [0.5, 0.6) is 0 Å². The molecule has 0 N–H and O–H groups in total. The van der Waals surface area contributed by atoms with Gasteiger partial charge in [0.15, 0.2) is 0 Å². The third kappa shape index (κ3) is 2.75. The van der Waals surface area contributed by atoms with E-state index in [0.29, 0.717) is 5.75 Å². The molecule has 1 aromatic rings. The second-order valence-electron chi connectivity index (χ2n) is 3.45. The molecule has 0 spiro atoms. The lowest BCUT2D eigenvalue weighted by atomic mass is 10.2. The average Bonchev–Trinajstić information content (AvgIpc) is 2.14. The number of carbonyl (C=O) groups is 1. The lowest BCUT2D eigenvalue weighted by molar-refractivity contribution is -0.131. The van der Waals surface area contributed by atoms with Crippen molar-refractivity contribution in [2.75, 3.05) is 18.8 Å². The van der Waals surface area contributed by atoms with Crippen molar-refractivity contribution in [1.29, 1.82) is 0 Å². The van der Waals surface area contributed by atoms with Gasteiger partial charge < -0.3 is 4.90 Å². The van der Waals surface area contributed by atoms with Crippen molar-refractivity contribution in [2.24, 2.45) is 0 Å². The summed E-state index contributed by atoms with van der Waals surface area (Å²) in [5.74, 6) is 0.796. The molecule has 4 heteroatoms. The number of amides is 1. The Bertz CT molecular complexity index is 365. The van der Waals surface area contributed by atoms with Gasteiger partial charge in [-0.25, -0.2) is 0 Å². The zero-order valence-electron chi connectivity index (χ0n) is 8.28. The van der Waals surface area contributed by atoms with Crippen LogP contribution in [0, 0.1) is 0 Å². The van der Waals surface area contributed by atoms with Crippen molar-refractivity contribution in [3.05, 3.63) is 28.7 Å². The maximum atomic E-state index is 11.6. The van der Waals surface area contributed by atoms with Crippen LogP contribution >= 0.6 is 27.7 Å². The molecule has 0 aromatic heterocycles. The van der Waals surface area contributed by atoms with E-state index in [1.165, 1.54) is 0 Å². The molecule has 0 unspecified atom stereocenters. The highest BCUT2D eigenvalue weighted by molar-refractivity contribution is 9.10. The highest BCUT2D eigenvalue weighted by Crippen LogP contribution is 2.27. The van der Waals surface area contributed by atoms with Crippen LogP contribution in [0.3, 0.4) is 0 Å². The van der Waals surface area contributed by atoms with Gasteiger partial charge in [0.25, 0.3) is 0 Å². The first-order chi connectivity index (χ1) is 7.27. The van der Waals surface area contributed by atoms with E-state index >= 15 is 0 Å². The summed E-state index contributed by atoms with van der Waals surface area (Å²) in [4.78, 5) is 14.6. The highest BCUT2D eigenvalue weighted by atomic mass is 79.9. The molecule has 15 heavy (non-hydrogen) atoms. The minimum Gasteiger partial charge on any atom is -0.342 e. The predicted octanol–water partition coefficient (Wildman–Crippen LogP) is 2.77. The maximum absolute atomic E-state index is 11.6. The first-order valence-corrected chi connectivity index (χ1v) is 6.70. The largest absolute Gasteiger partial charge is 0.342 e. The molecule has 1 aliphatic heterocycles. The Morgan fingerprint density at radius 3 is 2.73 bits per heavy atom. The van der Waals surface area contributed by atoms with Crippen LogP contribution in [0.4, 0.5) is 0 Å². The maximum Gasteiger partial charge on any atom is 0.232 e. The summed E-state index contributed by atoms with van der Waals surface area (Å²) in [5, 5.41) is 0. The zero-order chi connectivity index (χ0) is 10.7. The highest BCUT2D eigenvalue weighted by Gasteiger charge is 2.19. The molecule has 0 aliphatic carbocycles. The molecular weight excluding hydrogens is 274 g/mol. The van der Waals surface area contributed by atoms with E-state index in [1.54, 1.807) is 11.8 Å². The molecule has 1 aliphatic rings. The van der Waals surface area contributed by atoms with Crippen LogP contribution in [0.2, 0.25) is 0 Å². The van der Waals surface area contributed by atoms with Crippen molar-refractivity contribution < 1.29 is 4.79 Å². The Balaban J connectivity index is 1.87. The summed E-state index contributed by atoms with van der Waals surface area (Å²) in [5.41, 5.74) is 0. The Kier molecular flexibility index (Phi) is 3.70. The van der Waals surface area contributed by atoms with Crippen LogP contribution in [0.25, 0.3) is 0 Å². The third-order valence-corrected chi connectivity index (χ3v) is 4.41. The van der Waals surface area contributed by atoms with Crippen LogP contribution in [-0.2, 0) is 4.79 Å². The second-order valence-corrected chi connectivity index (χ2v) is 5.32. The van der Waals surface area contributed by atoms with Gasteiger partial charge in [0, 0.05) is 22.5 Å². The average molecular weight is 286 g/mol. The topological polar surface area (TPSA) is 20.3 Å². The van der Waals surface area contributed by atoms with Gasteiger partial charge in [-0.05, 0) is 34.5 Å². The number of hydrogen-bond donors (Lipinski definition) is 0. The Morgan fingerprint density at radius 2 is 2.13 bits per heavy atom. The fourth-order valence-corrected chi connectivity index (χ4v) is 2.83. The van der Waals surface area contributed by atoms with Crippen LogP contribution in [0.1, 0.15) is 6.42 Å². The molecule has 1 aromatic carbocycles. The molecular formula is C11H12BrNOS. The van der Waals surface area contributed by atoms with Gasteiger partial charge in [-0.1, -0.05) is 12.1 Å². The van der Waals surface area contributed by atoms with E-state index in [2.05, 4.69) is 15.9 Å². The van der Waals surface area contributed by atoms with E-state index < -0.39 is 0 Å². The van der Waals surface area contributed by atoms with E-state index in [1.807, 2.05) is 29.2 Å². The molecule has 0 bridgehead atoms. The number of thioether (sulfide) groups is 1. The zero-order valence-corrected chi connectivity index (χ0v) is 10.7. The molecule has 1 amide bonds. The quantitative estimate of drug-likeness (QED) is 0.796. The summed E-state index contributed by atoms with van der Waals surface area (Å²) < 4.78 is 1.06. The number of halogens is 1. The molecule has 2 nitrogen and oxygen atoms in total. The Labute approximate surface area is 102 Å². The van der Waals surface area contributed by atoms with Gasteiger partial charge in [0.1, 0.15) is 0 Å². The summed E-state index contributed by atoms with van der Waals surface area (Å²) in [6, 6.07) is 7.99. The van der Waals surface area contributed by atoms with Crippen LogP contribution < -0.4 is 0 Å². The number of likely N-dealkylation sites (tertiary alicyclic amines) is 1. The van der Waals surface area contributed by atoms with Crippen molar-refractivity contribution >= 4 is 33.6 Å². The number of benzene rings is 1. The lowest BCUT2D eigenvalue weighted by Crippen LogP contribution is -2.43. The van der Waals surface area contributed by atoms with Crippen molar-refractivity contribution in [3.63, 3.8) is 0 Å². The summed E-state index contributed by atoms with van der Waals surface area (Å²) in [7, 11) is 0. The standard InChI is InChI=1S/C11H12BrNOS/c12-9-4-1-2-5-10(9)15-8-11(14)13-6-3-7-13/h1-2,4-5H,3,6-8H2. The van der Waals surface area contributed by atoms with Gasteiger partial charge in [-0.3, -0.25) is 4.79 Å². The monoisotopic (exact) mass is 285 g/mol. The molecule has 0 saturated carbocycles. The minimum absolute atomic E-state index is 0.252. The Hall–Kier alpha value is -0.480. The van der Waals surface area contributed by atoms with E-state index in [0.717, 1.165) is 28.9 Å². The van der Waals surface area contributed by atoms with Gasteiger partial charge >= 0.3 is 0 Å². The second kappa shape index (κ2) is 5.03. The van der Waals surface area contributed by atoms with Crippen LogP contribution in [-0.4, -0.2) is 29.6 Å². The SMILES string of the molecule is O=C(CSc1ccccc1Br)N1CCC1. The summed E-state index contributed by atoms with van der Waals surface area (Å²) in [6.45, 7) is 1.88. The fourth-order valence-electron chi connectivity index (χ4n) is 1.36. The minimum atomic E-state index is 0.252. The molecule has 1 fully saturated rings. The molecule has 2 rings (SSSR count). The molecule has 0 atom stereocenters. The molecule has 0 radical (unpaired) electrons. The van der Waals surface area contributed by atoms with Crippen molar-refractivity contribution in [2.45, 2.75) is 11.3 Å². The fraction of sp³-hybridized carbons (Fsp3) is 0.364. The van der Waals surface area contributed by atoms with Gasteiger partial charge in [-0.15, -0.1) is 11.8 Å². The van der Waals surface area contributed by atoms with Crippen molar-refractivity contribution in [3.8, 4) is 0 Å². The van der Waals surface area contributed by atoms with Gasteiger partial charge in [0.05, 0.1) is 5.75 Å². The summed E-state index contributed by atoms with van der Waals surface area (Å²) >= 11 is 5.06. The normalized spacial score (nSPS) is 14.9. The van der Waals surface area contributed by atoms with E-state index in [-0.39, 0.29) is 5.91 Å². The van der Waals surface area contributed by atoms with E-state index in [9.17, 15) is 4.79 Å². The van der Waals surface area contributed by atoms with Gasteiger partial charge in [-0.2, -0.15) is 0 Å². The van der Waals surface area contributed by atoms with Gasteiger partial charge in [0.2, 0.25) is 5.91 Å².